The number of hydrogen-bond acceptors (Lipinski definition) is 4. The molecule has 0 saturated heterocycles. The summed E-state index contributed by atoms with van der Waals surface area (Å²) in [5.41, 5.74) is 4.59. The first-order valence-electron chi connectivity index (χ1n) is 10.6. The van der Waals surface area contributed by atoms with Crippen LogP contribution in [0.5, 0.6) is 0 Å². The normalized spacial score (nSPS) is 14.9. The number of nitrogens with zero attached hydrogens (tertiary/aromatic N) is 3. The molecule has 0 unspecified atom stereocenters. The van der Waals surface area contributed by atoms with E-state index in [9.17, 15) is 4.79 Å². The summed E-state index contributed by atoms with van der Waals surface area (Å²) in [5, 5.41) is 1.01. The monoisotopic (exact) mass is 585 g/mol. The third kappa shape index (κ3) is 4.29. The van der Waals surface area contributed by atoms with Gasteiger partial charge in [0.2, 0.25) is 11.4 Å². The van der Waals surface area contributed by atoms with Crippen LogP contribution in [0.25, 0.3) is 22.4 Å². The van der Waals surface area contributed by atoms with Crippen molar-refractivity contribution in [3.05, 3.63) is 98.0 Å². The van der Waals surface area contributed by atoms with Gasteiger partial charge in [-0.3, -0.25) is 9.36 Å². The number of thiazole rings is 1. The summed E-state index contributed by atoms with van der Waals surface area (Å²) in [6, 6.07) is 24.9. The summed E-state index contributed by atoms with van der Waals surface area (Å²) in [6.07, 6.45) is 2.12. The fraction of sp³-hybridized carbons (Fsp3) is 0.154. The molecule has 1 aliphatic heterocycles. The lowest BCUT2D eigenvalue weighted by molar-refractivity contribution is -0.662. The summed E-state index contributed by atoms with van der Waals surface area (Å²) in [4.78, 5) is 16.7. The highest BCUT2D eigenvalue weighted by molar-refractivity contribution is 8.08. The number of benzene rings is 2. The van der Waals surface area contributed by atoms with Crippen LogP contribution >= 0.6 is 23.1 Å². The van der Waals surface area contributed by atoms with E-state index < -0.39 is 0 Å². The Labute approximate surface area is 218 Å². The maximum absolute atomic E-state index is 13.4. The van der Waals surface area contributed by atoms with E-state index >= 15 is 0 Å². The van der Waals surface area contributed by atoms with Crippen LogP contribution in [0.4, 0.5) is 5.69 Å². The van der Waals surface area contributed by atoms with Gasteiger partial charge < -0.3 is 28.9 Å². The molecule has 5 rings (SSSR count). The number of hydrogen-bond donors (Lipinski definition) is 0. The molecule has 2 aromatic carbocycles. The van der Waals surface area contributed by atoms with Crippen LogP contribution in [0.15, 0.2) is 82.5 Å². The van der Waals surface area contributed by atoms with E-state index in [4.69, 9.17) is 0 Å². The fourth-order valence-corrected chi connectivity index (χ4v) is 6.50. The molecule has 0 spiro atoms. The Morgan fingerprint density at radius 1 is 0.970 bits per heavy atom. The van der Waals surface area contributed by atoms with Crippen LogP contribution in [-0.4, -0.2) is 11.6 Å². The van der Waals surface area contributed by atoms with Gasteiger partial charge >= 0.3 is 0 Å². The van der Waals surface area contributed by atoms with E-state index in [1.54, 1.807) is 23.1 Å². The Hall–Kier alpha value is -2.36. The van der Waals surface area contributed by atoms with Gasteiger partial charge in [0, 0.05) is 42.3 Å². The Morgan fingerprint density at radius 2 is 1.70 bits per heavy atom. The first-order valence-corrected chi connectivity index (χ1v) is 12.2. The lowest BCUT2D eigenvalue weighted by atomic mass is 10.1. The number of pyridine rings is 1. The van der Waals surface area contributed by atoms with Crippen molar-refractivity contribution < 1.29 is 28.5 Å². The predicted octanol–water partition coefficient (Wildman–Crippen LogP) is 0.562. The third-order valence-corrected chi connectivity index (χ3v) is 8.26. The molecule has 4 aromatic rings. The molecular formula is C26H24IN3OS2. The van der Waals surface area contributed by atoms with Crippen molar-refractivity contribution in [2.24, 2.45) is 7.05 Å². The number of anilines is 1. The Kier molecular flexibility index (Phi) is 7.11. The summed E-state index contributed by atoms with van der Waals surface area (Å²) in [5.74, 6) is 0. The molecule has 0 radical (unpaired) electrons. The van der Waals surface area contributed by atoms with Crippen LogP contribution in [0.1, 0.15) is 12.6 Å². The molecule has 168 valence electrons. The number of fused-ring (bicyclic) bond motifs is 1. The second kappa shape index (κ2) is 9.87. The molecule has 2 aromatic heterocycles. The minimum absolute atomic E-state index is 0. The zero-order chi connectivity index (χ0) is 22.2. The summed E-state index contributed by atoms with van der Waals surface area (Å²) in [7, 11) is 4.11. The van der Waals surface area contributed by atoms with Gasteiger partial charge in [0.15, 0.2) is 0 Å². The van der Waals surface area contributed by atoms with Crippen molar-refractivity contribution in [2.45, 2.75) is 18.4 Å². The van der Waals surface area contributed by atoms with Crippen molar-refractivity contribution >= 4 is 39.9 Å². The summed E-state index contributed by atoms with van der Waals surface area (Å²) < 4.78 is 5.81. The zero-order valence-corrected chi connectivity index (χ0v) is 22.4. The molecule has 0 aliphatic carbocycles. The van der Waals surface area contributed by atoms with Gasteiger partial charge in [0.05, 0.1) is 5.69 Å². The number of halogens is 1. The first-order chi connectivity index (χ1) is 15.6. The van der Waals surface area contributed by atoms with Crippen LogP contribution in [-0.2, 0) is 13.6 Å². The molecule has 0 saturated carbocycles. The molecular weight excluding hydrogens is 561 g/mol. The molecule has 4 nitrogen and oxygen atoms in total. The van der Waals surface area contributed by atoms with E-state index in [1.807, 2.05) is 36.7 Å². The molecule has 0 atom stereocenters. The average molecular weight is 586 g/mol. The zero-order valence-electron chi connectivity index (χ0n) is 18.7. The number of rotatable bonds is 3. The molecule has 7 heteroatoms. The Morgan fingerprint density at radius 3 is 2.42 bits per heavy atom. The van der Waals surface area contributed by atoms with Crippen LogP contribution in [0, 0.1) is 0 Å². The van der Waals surface area contributed by atoms with Crippen molar-refractivity contribution in [3.63, 3.8) is 0 Å². The van der Waals surface area contributed by atoms with Gasteiger partial charge in [-0.1, -0.05) is 42.1 Å². The standard InChI is InChI=1S/C26H24N3OS2.HI/c1-4-29-23(17-19-13-10-15-20(27(19)2)18-11-6-5-7-12-18)32-24(25(29)30)26-28(3)21-14-8-9-16-22(21)31-26;/h5-17H,4H2,1-3H3;1H/q+1;/p-1/b26-24+;. The first kappa shape index (κ1) is 23.8. The van der Waals surface area contributed by atoms with Crippen molar-refractivity contribution in [1.29, 1.82) is 0 Å². The highest BCUT2D eigenvalue weighted by atomic mass is 127. The van der Waals surface area contributed by atoms with Gasteiger partial charge in [-0.25, -0.2) is 0 Å². The molecule has 3 heterocycles. The Bertz CT molecular complexity index is 1490. The van der Waals surface area contributed by atoms with Crippen molar-refractivity contribution in [1.82, 2.24) is 4.57 Å². The Balaban J connectivity index is 0.00000259. The van der Waals surface area contributed by atoms with E-state index in [0.29, 0.717) is 6.54 Å². The summed E-state index contributed by atoms with van der Waals surface area (Å²) in [6.45, 7) is 2.67. The van der Waals surface area contributed by atoms with E-state index in [2.05, 4.69) is 77.2 Å². The predicted molar refractivity (Wildman–Crippen MR) is 134 cm³/mol. The van der Waals surface area contributed by atoms with Gasteiger partial charge in [-0.05, 0) is 37.3 Å². The second-order valence-corrected chi connectivity index (χ2v) is 9.72. The number of aromatic nitrogens is 2. The minimum atomic E-state index is 0. The van der Waals surface area contributed by atoms with Gasteiger partial charge in [0.1, 0.15) is 21.3 Å². The number of para-hydroxylation sites is 1. The highest BCUT2D eigenvalue weighted by Gasteiger charge is 2.24. The maximum atomic E-state index is 13.4. The lowest BCUT2D eigenvalue weighted by Crippen LogP contribution is -3.00. The quantitative estimate of drug-likeness (QED) is 0.260. The van der Waals surface area contributed by atoms with Crippen LogP contribution < -0.4 is 48.2 Å². The number of thioether (sulfide) groups is 1. The SMILES string of the molecule is CCn1c(=O)/c(=C2\Sc3ccccc3N2C)s/c1=C\c1cccc(-c2ccccc2)[n+]1C.[I-]. The van der Waals surface area contributed by atoms with E-state index in [1.165, 1.54) is 10.5 Å². The van der Waals surface area contributed by atoms with Crippen molar-refractivity contribution in [2.75, 3.05) is 11.9 Å². The third-order valence-electron chi connectivity index (χ3n) is 5.77. The fourth-order valence-electron chi connectivity index (χ4n) is 4.04. The average Bonchev–Trinajstić information content (AvgIpc) is 3.31. The molecule has 0 bridgehead atoms. The minimum Gasteiger partial charge on any atom is -1.00 e. The lowest BCUT2D eigenvalue weighted by Gasteiger charge is -2.11. The van der Waals surface area contributed by atoms with Gasteiger partial charge in [-0.15, -0.1) is 11.3 Å². The topological polar surface area (TPSA) is 29.1 Å². The van der Waals surface area contributed by atoms with Crippen molar-refractivity contribution in [3.8, 4) is 11.3 Å². The van der Waals surface area contributed by atoms with E-state index in [0.717, 1.165) is 31.3 Å². The van der Waals surface area contributed by atoms with E-state index in [-0.39, 0.29) is 29.5 Å². The highest BCUT2D eigenvalue weighted by Crippen LogP contribution is 2.44. The van der Waals surface area contributed by atoms with Crippen LogP contribution in [0.2, 0.25) is 0 Å². The largest absolute Gasteiger partial charge is 1.00 e. The van der Waals surface area contributed by atoms with Crippen LogP contribution in [0.3, 0.4) is 0 Å². The smallest absolute Gasteiger partial charge is 0.271 e. The van der Waals surface area contributed by atoms with Gasteiger partial charge in [-0.2, -0.15) is 4.57 Å². The molecule has 0 N–H and O–H groups in total. The molecule has 0 fully saturated rings. The molecule has 33 heavy (non-hydrogen) atoms. The second-order valence-electron chi connectivity index (χ2n) is 7.66. The summed E-state index contributed by atoms with van der Waals surface area (Å²) >= 11 is 3.24. The maximum Gasteiger partial charge on any atom is 0.271 e. The molecule has 0 amide bonds. The van der Waals surface area contributed by atoms with Gasteiger partial charge in [0.25, 0.3) is 5.56 Å². The molecule has 1 aliphatic rings.